The highest BCUT2D eigenvalue weighted by molar-refractivity contribution is 9.10. The van der Waals surface area contributed by atoms with Crippen molar-refractivity contribution in [2.75, 3.05) is 0 Å². The first kappa shape index (κ1) is 11.8. The predicted octanol–water partition coefficient (Wildman–Crippen LogP) is 3.97. The van der Waals surface area contributed by atoms with Crippen LogP contribution >= 0.6 is 15.9 Å². The number of benzene rings is 2. The van der Waals surface area contributed by atoms with Gasteiger partial charge in [-0.15, -0.1) is 0 Å². The van der Waals surface area contributed by atoms with Gasteiger partial charge in [-0.2, -0.15) is 0 Å². The van der Waals surface area contributed by atoms with Gasteiger partial charge in [0.1, 0.15) is 11.9 Å². The quantitative estimate of drug-likeness (QED) is 0.865. The molecule has 3 rings (SSSR count). The molecule has 92 valence electrons. The van der Waals surface area contributed by atoms with Crippen molar-refractivity contribution in [2.24, 2.45) is 5.73 Å². The van der Waals surface area contributed by atoms with Crippen LogP contribution in [0.4, 0.5) is 0 Å². The van der Waals surface area contributed by atoms with Gasteiger partial charge < -0.3 is 10.5 Å². The molecule has 0 aromatic heterocycles. The van der Waals surface area contributed by atoms with Crippen molar-refractivity contribution in [1.29, 1.82) is 0 Å². The summed E-state index contributed by atoms with van der Waals surface area (Å²) in [6, 6.07) is 16.2. The van der Waals surface area contributed by atoms with E-state index in [-0.39, 0.29) is 12.1 Å². The first-order valence-electron chi connectivity index (χ1n) is 6.01. The number of hydrogen-bond donors (Lipinski definition) is 1. The van der Waals surface area contributed by atoms with Crippen LogP contribution < -0.4 is 10.5 Å². The van der Waals surface area contributed by atoms with Crippen molar-refractivity contribution >= 4 is 15.9 Å². The zero-order valence-corrected chi connectivity index (χ0v) is 11.4. The van der Waals surface area contributed by atoms with Crippen molar-refractivity contribution in [3.8, 4) is 5.75 Å². The van der Waals surface area contributed by atoms with E-state index >= 15 is 0 Å². The molecule has 0 fully saturated rings. The van der Waals surface area contributed by atoms with Gasteiger partial charge in [0.05, 0.1) is 0 Å². The van der Waals surface area contributed by atoms with Crippen LogP contribution in [0.2, 0.25) is 0 Å². The average molecular weight is 304 g/mol. The van der Waals surface area contributed by atoms with Gasteiger partial charge in [-0.1, -0.05) is 52.3 Å². The minimum atomic E-state index is 0.0190. The van der Waals surface area contributed by atoms with Crippen molar-refractivity contribution in [3.63, 3.8) is 0 Å². The first-order valence-corrected chi connectivity index (χ1v) is 6.80. The lowest BCUT2D eigenvalue weighted by atomic mass is 9.94. The van der Waals surface area contributed by atoms with E-state index in [1.165, 1.54) is 0 Å². The van der Waals surface area contributed by atoms with Crippen LogP contribution in [0.3, 0.4) is 0 Å². The Bertz CT molecular complexity index is 570. The molecule has 2 N–H and O–H groups in total. The van der Waals surface area contributed by atoms with Crippen molar-refractivity contribution < 1.29 is 4.74 Å². The second-order valence-corrected chi connectivity index (χ2v) is 5.36. The second-order valence-electron chi connectivity index (χ2n) is 4.51. The SMILES string of the molecule is NC1CC(c2ccccc2Br)Oc2ccccc21. The zero-order chi connectivity index (χ0) is 12.5. The van der Waals surface area contributed by atoms with E-state index in [1.807, 2.05) is 42.5 Å². The van der Waals surface area contributed by atoms with Gasteiger partial charge in [-0.25, -0.2) is 0 Å². The summed E-state index contributed by atoms with van der Waals surface area (Å²) in [4.78, 5) is 0. The fourth-order valence-electron chi connectivity index (χ4n) is 2.38. The van der Waals surface area contributed by atoms with Crippen molar-refractivity contribution in [1.82, 2.24) is 0 Å². The third kappa shape index (κ3) is 2.04. The number of halogens is 1. The summed E-state index contributed by atoms with van der Waals surface area (Å²) < 4.78 is 7.13. The second kappa shape index (κ2) is 4.75. The Labute approximate surface area is 115 Å². The number of ether oxygens (including phenoxy) is 1. The summed E-state index contributed by atoms with van der Waals surface area (Å²) in [6.45, 7) is 0. The molecule has 2 atom stereocenters. The van der Waals surface area contributed by atoms with E-state index in [4.69, 9.17) is 10.5 Å². The molecule has 2 nitrogen and oxygen atoms in total. The molecule has 0 saturated heterocycles. The lowest BCUT2D eigenvalue weighted by Gasteiger charge is -2.31. The fourth-order valence-corrected chi connectivity index (χ4v) is 2.92. The molecular weight excluding hydrogens is 290 g/mol. The highest BCUT2D eigenvalue weighted by atomic mass is 79.9. The van der Waals surface area contributed by atoms with E-state index in [0.717, 1.165) is 27.8 Å². The van der Waals surface area contributed by atoms with Gasteiger partial charge in [0.25, 0.3) is 0 Å². The molecule has 18 heavy (non-hydrogen) atoms. The molecule has 0 spiro atoms. The Morgan fingerprint density at radius 3 is 2.44 bits per heavy atom. The van der Waals surface area contributed by atoms with Crippen LogP contribution in [0.5, 0.6) is 5.75 Å². The Morgan fingerprint density at radius 2 is 1.67 bits per heavy atom. The maximum atomic E-state index is 6.23. The van der Waals surface area contributed by atoms with Crippen LogP contribution in [-0.4, -0.2) is 0 Å². The normalized spacial score (nSPS) is 22.1. The molecule has 0 radical (unpaired) electrons. The van der Waals surface area contributed by atoms with Crippen LogP contribution in [0, 0.1) is 0 Å². The molecule has 1 heterocycles. The van der Waals surface area contributed by atoms with Gasteiger partial charge in [0.15, 0.2) is 0 Å². The molecule has 2 aromatic carbocycles. The summed E-state index contributed by atoms with van der Waals surface area (Å²) in [5, 5.41) is 0. The van der Waals surface area contributed by atoms with E-state index in [1.54, 1.807) is 0 Å². The van der Waals surface area contributed by atoms with Gasteiger partial charge in [0, 0.05) is 28.1 Å². The Hall–Kier alpha value is -1.32. The lowest BCUT2D eigenvalue weighted by Crippen LogP contribution is -2.24. The molecule has 3 heteroatoms. The number of para-hydroxylation sites is 1. The molecule has 1 aliphatic heterocycles. The Balaban J connectivity index is 1.97. The van der Waals surface area contributed by atoms with Crippen molar-refractivity contribution in [3.05, 3.63) is 64.1 Å². The molecule has 2 aromatic rings. The van der Waals surface area contributed by atoms with Crippen LogP contribution in [-0.2, 0) is 0 Å². The summed E-state index contributed by atoms with van der Waals surface area (Å²) in [7, 11) is 0. The predicted molar refractivity (Wildman–Crippen MR) is 75.5 cm³/mol. The average Bonchev–Trinajstić information content (AvgIpc) is 2.39. The molecule has 0 saturated carbocycles. The van der Waals surface area contributed by atoms with Crippen LogP contribution in [0.1, 0.15) is 29.7 Å². The number of hydrogen-bond acceptors (Lipinski definition) is 2. The zero-order valence-electron chi connectivity index (χ0n) is 9.84. The summed E-state index contributed by atoms with van der Waals surface area (Å²) >= 11 is 3.57. The van der Waals surface area contributed by atoms with E-state index < -0.39 is 0 Å². The van der Waals surface area contributed by atoms with Gasteiger partial charge in [-0.05, 0) is 12.1 Å². The largest absolute Gasteiger partial charge is 0.485 e. The minimum absolute atomic E-state index is 0.0190. The fraction of sp³-hybridized carbons (Fsp3) is 0.200. The van der Waals surface area contributed by atoms with E-state index in [2.05, 4.69) is 22.0 Å². The number of fused-ring (bicyclic) bond motifs is 1. The summed E-state index contributed by atoms with van der Waals surface area (Å²) in [5.41, 5.74) is 8.48. The van der Waals surface area contributed by atoms with Crippen molar-refractivity contribution in [2.45, 2.75) is 18.6 Å². The topological polar surface area (TPSA) is 35.2 Å². The Morgan fingerprint density at radius 1 is 1.00 bits per heavy atom. The van der Waals surface area contributed by atoms with Gasteiger partial charge >= 0.3 is 0 Å². The lowest BCUT2D eigenvalue weighted by molar-refractivity contribution is 0.161. The third-order valence-electron chi connectivity index (χ3n) is 3.31. The van der Waals surface area contributed by atoms with E-state index in [0.29, 0.717) is 0 Å². The Kier molecular flexibility index (Phi) is 3.10. The number of nitrogens with two attached hydrogens (primary N) is 1. The molecule has 1 aliphatic rings. The highest BCUT2D eigenvalue weighted by Gasteiger charge is 2.27. The molecule has 0 amide bonds. The van der Waals surface area contributed by atoms with Crippen LogP contribution in [0.15, 0.2) is 53.0 Å². The standard InChI is InChI=1S/C15H14BrNO/c16-12-7-3-1-5-10(12)15-9-13(17)11-6-2-4-8-14(11)18-15/h1-8,13,15H,9,17H2. The minimum Gasteiger partial charge on any atom is -0.485 e. The summed E-state index contributed by atoms with van der Waals surface area (Å²) in [5.74, 6) is 0.900. The van der Waals surface area contributed by atoms with E-state index in [9.17, 15) is 0 Å². The highest BCUT2D eigenvalue weighted by Crippen LogP contribution is 2.41. The smallest absolute Gasteiger partial charge is 0.127 e. The molecular formula is C15H14BrNO. The third-order valence-corrected chi connectivity index (χ3v) is 4.03. The first-order chi connectivity index (χ1) is 8.75. The molecule has 0 bridgehead atoms. The van der Waals surface area contributed by atoms with Gasteiger partial charge in [0.2, 0.25) is 0 Å². The summed E-state index contributed by atoms with van der Waals surface area (Å²) in [6.07, 6.45) is 0.824. The molecule has 2 unspecified atom stereocenters. The monoisotopic (exact) mass is 303 g/mol. The van der Waals surface area contributed by atoms with Gasteiger partial charge in [-0.3, -0.25) is 0 Å². The van der Waals surface area contributed by atoms with Crippen LogP contribution in [0.25, 0.3) is 0 Å². The maximum absolute atomic E-state index is 6.23. The maximum Gasteiger partial charge on any atom is 0.127 e. The number of rotatable bonds is 1. The molecule has 0 aliphatic carbocycles.